The Bertz CT molecular complexity index is 550. The van der Waals surface area contributed by atoms with Crippen LogP contribution in [0.5, 0.6) is 0 Å². The summed E-state index contributed by atoms with van der Waals surface area (Å²) >= 11 is 1.50. The molecule has 0 aliphatic carbocycles. The maximum absolute atomic E-state index is 12.6. The largest absolute Gasteiger partial charge is 0.319 e. The van der Waals surface area contributed by atoms with Gasteiger partial charge in [-0.3, -0.25) is 0 Å². The van der Waals surface area contributed by atoms with Crippen LogP contribution in [0.3, 0.4) is 0 Å². The van der Waals surface area contributed by atoms with Crippen molar-refractivity contribution >= 4 is 21.5 Å². The van der Waals surface area contributed by atoms with Gasteiger partial charge in [0.15, 0.2) is 0 Å². The summed E-state index contributed by atoms with van der Waals surface area (Å²) in [4.78, 5) is 5.18. The van der Waals surface area contributed by atoms with Gasteiger partial charge < -0.3 is 5.32 Å². The van der Waals surface area contributed by atoms with Crippen LogP contribution in [0.4, 0.5) is 0 Å². The second-order valence-corrected chi connectivity index (χ2v) is 8.50. The van der Waals surface area contributed by atoms with Gasteiger partial charge in [0, 0.05) is 25.0 Å². The zero-order valence-electron chi connectivity index (χ0n) is 12.9. The van der Waals surface area contributed by atoms with Crippen LogP contribution < -0.4 is 5.32 Å². The first kappa shape index (κ1) is 16.8. The summed E-state index contributed by atoms with van der Waals surface area (Å²) in [7, 11) is 0.218. The molecule has 0 bridgehead atoms. The van der Waals surface area contributed by atoms with Gasteiger partial charge in [-0.05, 0) is 39.3 Å². The molecule has 2 rings (SSSR count). The van der Waals surface area contributed by atoms with Gasteiger partial charge in [-0.1, -0.05) is 0 Å². The Hall–Kier alpha value is -0.540. The summed E-state index contributed by atoms with van der Waals surface area (Å²) in [5.74, 6) is 0.579. The highest BCUT2D eigenvalue weighted by Gasteiger charge is 2.31. The molecule has 1 aliphatic rings. The summed E-state index contributed by atoms with van der Waals surface area (Å²) < 4.78 is 28.3. The molecule has 1 N–H and O–H groups in total. The van der Waals surface area contributed by atoms with Crippen molar-refractivity contribution < 1.29 is 8.42 Å². The minimum Gasteiger partial charge on any atom is -0.319 e. The number of rotatable bonds is 6. The van der Waals surface area contributed by atoms with Gasteiger partial charge in [0.05, 0.1) is 17.7 Å². The zero-order valence-corrected chi connectivity index (χ0v) is 14.5. The van der Waals surface area contributed by atoms with Crippen molar-refractivity contribution in [2.45, 2.75) is 26.3 Å². The number of aromatic nitrogens is 1. The third-order valence-corrected chi connectivity index (χ3v) is 6.85. The number of piperidine rings is 1. The molecular weight excluding hydrogens is 308 g/mol. The third kappa shape index (κ3) is 4.01. The lowest BCUT2D eigenvalue weighted by Crippen LogP contribution is -2.46. The van der Waals surface area contributed by atoms with E-state index in [0.29, 0.717) is 25.6 Å². The van der Waals surface area contributed by atoms with E-state index >= 15 is 0 Å². The fraction of sp³-hybridized carbons (Fsp3) is 0.769. The lowest BCUT2D eigenvalue weighted by molar-refractivity contribution is 0.256. The van der Waals surface area contributed by atoms with E-state index in [1.54, 1.807) is 16.9 Å². The first-order valence-corrected chi connectivity index (χ1v) is 9.47. The molecule has 6 nitrogen and oxygen atoms in total. The molecule has 0 aromatic carbocycles. The fourth-order valence-corrected chi connectivity index (χ4v) is 4.86. The molecule has 1 aromatic heterocycles. The van der Waals surface area contributed by atoms with Crippen molar-refractivity contribution in [1.29, 1.82) is 0 Å². The Morgan fingerprint density at radius 3 is 2.67 bits per heavy atom. The van der Waals surface area contributed by atoms with Crippen LogP contribution in [0, 0.1) is 12.8 Å². The number of hydrogen-bond donors (Lipinski definition) is 1. The van der Waals surface area contributed by atoms with Crippen molar-refractivity contribution in [1.82, 2.24) is 18.9 Å². The molecule has 120 valence electrons. The lowest BCUT2D eigenvalue weighted by atomic mass is 9.98. The normalized spacial score (nSPS) is 18.5. The summed E-state index contributed by atoms with van der Waals surface area (Å²) in [6.07, 6.45) is 1.85. The number of aryl methyl sites for hydroxylation is 1. The molecule has 8 heteroatoms. The second-order valence-electron chi connectivity index (χ2n) is 5.52. The molecule has 1 aromatic rings. The highest BCUT2D eigenvalue weighted by molar-refractivity contribution is 7.86. The molecule has 1 aliphatic heterocycles. The molecule has 0 unspecified atom stereocenters. The molecule has 21 heavy (non-hydrogen) atoms. The maximum atomic E-state index is 12.6. The fourth-order valence-electron chi connectivity index (χ4n) is 2.59. The minimum absolute atomic E-state index is 0.398. The van der Waals surface area contributed by atoms with Crippen LogP contribution in [0.25, 0.3) is 0 Å². The molecule has 1 saturated heterocycles. The number of thiazole rings is 1. The van der Waals surface area contributed by atoms with Crippen LogP contribution in [0.2, 0.25) is 0 Å². The van der Waals surface area contributed by atoms with Crippen LogP contribution in [-0.4, -0.2) is 55.7 Å². The molecule has 2 heterocycles. The van der Waals surface area contributed by atoms with E-state index < -0.39 is 10.2 Å². The summed E-state index contributed by atoms with van der Waals surface area (Å²) in [5.41, 5.74) is 2.67. The van der Waals surface area contributed by atoms with E-state index in [1.165, 1.54) is 15.6 Å². The standard InChI is InChI=1S/C13H24N4O2S2/c1-11-13(20-10-15-11)9-16(3)21(18,19)17-6-4-12(5-7-17)8-14-2/h10,12,14H,4-9H2,1-3H3. The average molecular weight is 332 g/mol. The van der Waals surface area contributed by atoms with Gasteiger partial charge in [-0.15, -0.1) is 11.3 Å². The predicted octanol–water partition coefficient (Wildman–Crippen LogP) is 1.06. The Labute approximate surface area is 131 Å². The Morgan fingerprint density at radius 1 is 1.48 bits per heavy atom. The smallest absolute Gasteiger partial charge is 0.282 e. The zero-order chi connectivity index (χ0) is 15.5. The Morgan fingerprint density at radius 2 is 2.14 bits per heavy atom. The Balaban J connectivity index is 1.97. The van der Waals surface area contributed by atoms with Crippen LogP contribution in [0.15, 0.2) is 5.51 Å². The maximum Gasteiger partial charge on any atom is 0.282 e. The monoisotopic (exact) mass is 332 g/mol. The molecule has 1 fully saturated rings. The number of nitrogens with one attached hydrogen (secondary N) is 1. The van der Waals surface area contributed by atoms with Crippen molar-refractivity contribution in [2.75, 3.05) is 33.7 Å². The van der Waals surface area contributed by atoms with E-state index in [9.17, 15) is 8.42 Å². The molecule has 0 saturated carbocycles. The van der Waals surface area contributed by atoms with Gasteiger partial charge >= 0.3 is 0 Å². The van der Waals surface area contributed by atoms with Gasteiger partial charge in [0.2, 0.25) is 0 Å². The van der Waals surface area contributed by atoms with E-state index in [1.807, 2.05) is 14.0 Å². The van der Waals surface area contributed by atoms with Crippen molar-refractivity contribution in [3.05, 3.63) is 16.1 Å². The predicted molar refractivity (Wildman–Crippen MR) is 85.5 cm³/mol. The Kier molecular flexibility index (Phi) is 5.73. The van der Waals surface area contributed by atoms with Gasteiger partial charge in [0.1, 0.15) is 0 Å². The second kappa shape index (κ2) is 7.15. The number of nitrogens with zero attached hydrogens (tertiary/aromatic N) is 3. The van der Waals surface area contributed by atoms with Gasteiger partial charge in [-0.25, -0.2) is 4.98 Å². The van der Waals surface area contributed by atoms with E-state index in [2.05, 4.69) is 10.3 Å². The molecular formula is C13H24N4O2S2. The van der Waals surface area contributed by atoms with E-state index in [-0.39, 0.29) is 0 Å². The van der Waals surface area contributed by atoms with Crippen molar-refractivity contribution in [3.63, 3.8) is 0 Å². The van der Waals surface area contributed by atoms with Crippen LogP contribution in [-0.2, 0) is 16.8 Å². The first-order valence-electron chi connectivity index (χ1n) is 7.20. The topological polar surface area (TPSA) is 65.5 Å². The minimum atomic E-state index is -3.37. The van der Waals surface area contributed by atoms with Crippen LogP contribution in [0.1, 0.15) is 23.4 Å². The van der Waals surface area contributed by atoms with Gasteiger partial charge in [-0.2, -0.15) is 17.0 Å². The van der Waals surface area contributed by atoms with Crippen molar-refractivity contribution in [3.8, 4) is 0 Å². The molecule has 0 atom stereocenters. The van der Waals surface area contributed by atoms with E-state index in [4.69, 9.17) is 0 Å². The number of hydrogen-bond acceptors (Lipinski definition) is 5. The van der Waals surface area contributed by atoms with Crippen LogP contribution >= 0.6 is 11.3 Å². The molecule has 0 radical (unpaired) electrons. The molecule has 0 amide bonds. The van der Waals surface area contributed by atoms with Gasteiger partial charge in [0.25, 0.3) is 10.2 Å². The summed E-state index contributed by atoms with van der Waals surface area (Å²) in [6.45, 7) is 4.50. The van der Waals surface area contributed by atoms with Crippen molar-refractivity contribution in [2.24, 2.45) is 5.92 Å². The SMILES string of the molecule is CNCC1CCN(S(=O)(=O)N(C)Cc2scnc2C)CC1. The highest BCUT2D eigenvalue weighted by Crippen LogP contribution is 2.22. The average Bonchev–Trinajstić information content (AvgIpc) is 2.85. The first-order chi connectivity index (χ1) is 9.95. The molecule has 0 spiro atoms. The highest BCUT2D eigenvalue weighted by atomic mass is 32.2. The summed E-state index contributed by atoms with van der Waals surface area (Å²) in [6, 6.07) is 0. The summed E-state index contributed by atoms with van der Waals surface area (Å²) in [5, 5.41) is 3.17. The third-order valence-electron chi connectivity index (χ3n) is 4.00. The lowest BCUT2D eigenvalue weighted by Gasteiger charge is -2.33. The quantitative estimate of drug-likeness (QED) is 0.846. The van der Waals surface area contributed by atoms with E-state index in [0.717, 1.165) is 30.0 Å².